The Morgan fingerprint density at radius 2 is 2.06 bits per heavy atom. The molecule has 0 aliphatic heterocycles. The second kappa shape index (κ2) is 6.52. The van der Waals surface area contributed by atoms with Crippen molar-refractivity contribution in [2.75, 3.05) is 7.11 Å². The Bertz CT molecular complexity index is 399. The van der Waals surface area contributed by atoms with Gasteiger partial charge in [0.15, 0.2) is 5.69 Å². The lowest BCUT2D eigenvalue weighted by Gasteiger charge is -2.14. The Morgan fingerprint density at radius 1 is 1.39 bits per heavy atom. The summed E-state index contributed by atoms with van der Waals surface area (Å²) < 4.78 is 6.58. The van der Waals surface area contributed by atoms with E-state index < -0.39 is 5.97 Å². The summed E-state index contributed by atoms with van der Waals surface area (Å²) in [4.78, 5) is 11.6. The predicted octanol–water partition coefficient (Wildman–Crippen LogP) is 2.62. The first-order valence-corrected chi connectivity index (χ1v) is 6.52. The maximum Gasteiger partial charge on any atom is 0.360 e. The van der Waals surface area contributed by atoms with Gasteiger partial charge in [0.1, 0.15) is 0 Å². The molecule has 1 atom stereocenters. The minimum atomic E-state index is -0.409. The zero-order chi connectivity index (χ0) is 13.7. The molecule has 5 heteroatoms. The van der Waals surface area contributed by atoms with Crippen molar-refractivity contribution >= 4 is 5.97 Å². The summed E-state index contributed by atoms with van der Waals surface area (Å²) in [6.45, 7) is 9.22. The molecule has 18 heavy (non-hydrogen) atoms. The number of carbonyl (C=O) groups excluding carboxylic acids is 1. The Morgan fingerprint density at radius 3 is 2.56 bits per heavy atom. The first kappa shape index (κ1) is 14.7. The van der Waals surface area contributed by atoms with Gasteiger partial charge in [0.2, 0.25) is 0 Å². The monoisotopic (exact) mass is 253 g/mol. The van der Waals surface area contributed by atoms with Gasteiger partial charge < -0.3 is 4.74 Å². The van der Waals surface area contributed by atoms with Crippen molar-refractivity contribution < 1.29 is 9.53 Å². The van der Waals surface area contributed by atoms with Crippen LogP contribution in [-0.2, 0) is 11.3 Å². The van der Waals surface area contributed by atoms with Gasteiger partial charge in [0.05, 0.1) is 12.8 Å². The summed E-state index contributed by atoms with van der Waals surface area (Å²) in [7, 11) is 1.37. The zero-order valence-corrected chi connectivity index (χ0v) is 11.9. The van der Waals surface area contributed by atoms with E-state index in [4.69, 9.17) is 4.74 Å². The molecule has 102 valence electrons. The van der Waals surface area contributed by atoms with Crippen LogP contribution in [0, 0.1) is 5.92 Å². The zero-order valence-electron chi connectivity index (χ0n) is 11.9. The van der Waals surface area contributed by atoms with Gasteiger partial charge in [-0.25, -0.2) is 9.48 Å². The van der Waals surface area contributed by atoms with Crippen molar-refractivity contribution in [1.29, 1.82) is 0 Å². The summed E-state index contributed by atoms with van der Waals surface area (Å²) in [5.74, 6) is 0.315. The van der Waals surface area contributed by atoms with Gasteiger partial charge in [0.25, 0.3) is 0 Å². The molecule has 0 aliphatic rings. The van der Waals surface area contributed by atoms with Gasteiger partial charge in [-0.1, -0.05) is 39.3 Å². The molecule has 0 saturated carbocycles. The van der Waals surface area contributed by atoms with Gasteiger partial charge in [-0.05, 0) is 18.3 Å². The normalized spacial score (nSPS) is 12.8. The minimum absolute atomic E-state index is 0.197. The molecular weight excluding hydrogens is 230 g/mol. The van der Waals surface area contributed by atoms with E-state index in [0.717, 1.165) is 25.1 Å². The molecule has 0 saturated heterocycles. The number of methoxy groups -OCH3 is 1. The summed E-state index contributed by atoms with van der Waals surface area (Å²) in [6.07, 6.45) is 2.29. The number of hydrogen-bond acceptors (Lipinski definition) is 4. The standard InChI is InChI=1S/C13H23N3O2/c1-6-7-10(4)8-16-12(9(2)3)11(14-15-16)13(17)18-5/h9-10H,6-8H2,1-5H3. The number of rotatable bonds is 6. The highest BCUT2D eigenvalue weighted by Crippen LogP contribution is 2.20. The van der Waals surface area contributed by atoms with E-state index in [1.54, 1.807) is 0 Å². The third kappa shape index (κ3) is 3.31. The molecule has 0 fully saturated rings. The van der Waals surface area contributed by atoms with Gasteiger partial charge in [-0.2, -0.15) is 0 Å². The molecule has 1 aromatic heterocycles. The third-order valence-electron chi connectivity index (χ3n) is 2.97. The van der Waals surface area contributed by atoms with E-state index in [1.807, 2.05) is 18.5 Å². The van der Waals surface area contributed by atoms with Gasteiger partial charge in [-0.3, -0.25) is 0 Å². The summed E-state index contributed by atoms with van der Waals surface area (Å²) in [5.41, 5.74) is 1.21. The molecule has 0 aliphatic carbocycles. The minimum Gasteiger partial charge on any atom is -0.464 e. The number of aromatic nitrogens is 3. The van der Waals surface area contributed by atoms with Crippen LogP contribution in [-0.4, -0.2) is 28.1 Å². The Hall–Kier alpha value is -1.39. The summed E-state index contributed by atoms with van der Waals surface area (Å²) in [5, 5.41) is 8.05. The highest BCUT2D eigenvalue weighted by molar-refractivity contribution is 5.88. The molecule has 0 aromatic carbocycles. The highest BCUT2D eigenvalue weighted by atomic mass is 16.5. The number of nitrogens with zero attached hydrogens (tertiary/aromatic N) is 3. The molecule has 0 N–H and O–H groups in total. The van der Waals surface area contributed by atoms with Crippen molar-refractivity contribution in [3.63, 3.8) is 0 Å². The number of carbonyl (C=O) groups is 1. The van der Waals surface area contributed by atoms with Crippen molar-refractivity contribution in [2.24, 2.45) is 5.92 Å². The quantitative estimate of drug-likeness (QED) is 0.731. The predicted molar refractivity (Wildman–Crippen MR) is 69.5 cm³/mol. The van der Waals surface area contributed by atoms with Gasteiger partial charge >= 0.3 is 5.97 Å². The van der Waals surface area contributed by atoms with E-state index in [9.17, 15) is 4.79 Å². The fourth-order valence-corrected chi connectivity index (χ4v) is 2.15. The second-order valence-electron chi connectivity index (χ2n) is 5.05. The summed E-state index contributed by atoms with van der Waals surface area (Å²) >= 11 is 0. The van der Waals surface area contributed by atoms with E-state index in [0.29, 0.717) is 11.6 Å². The van der Waals surface area contributed by atoms with Crippen molar-refractivity contribution in [3.8, 4) is 0 Å². The fraction of sp³-hybridized carbons (Fsp3) is 0.769. The fourth-order valence-electron chi connectivity index (χ4n) is 2.15. The van der Waals surface area contributed by atoms with Crippen LogP contribution in [0.15, 0.2) is 0 Å². The Kier molecular flexibility index (Phi) is 5.31. The molecule has 1 unspecified atom stereocenters. The van der Waals surface area contributed by atoms with E-state index in [-0.39, 0.29) is 5.92 Å². The number of esters is 1. The first-order chi connectivity index (χ1) is 8.51. The lowest BCUT2D eigenvalue weighted by atomic mass is 10.0. The van der Waals surface area contributed by atoms with E-state index in [1.165, 1.54) is 7.11 Å². The molecule has 0 amide bonds. The van der Waals surface area contributed by atoms with Crippen LogP contribution in [0.2, 0.25) is 0 Å². The van der Waals surface area contributed by atoms with Crippen molar-refractivity contribution in [3.05, 3.63) is 11.4 Å². The molecule has 1 rings (SSSR count). The Balaban J connectivity index is 2.98. The van der Waals surface area contributed by atoms with Crippen LogP contribution in [0.1, 0.15) is 62.6 Å². The molecule has 0 bridgehead atoms. The second-order valence-corrected chi connectivity index (χ2v) is 5.05. The number of hydrogen-bond donors (Lipinski definition) is 0. The first-order valence-electron chi connectivity index (χ1n) is 6.52. The lowest BCUT2D eigenvalue weighted by Crippen LogP contribution is -2.15. The molecular formula is C13H23N3O2. The maximum atomic E-state index is 11.6. The number of ether oxygens (including phenoxy) is 1. The van der Waals surface area contributed by atoms with Crippen molar-refractivity contribution in [1.82, 2.24) is 15.0 Å². The van der Waals surface area contributed by atoms with Crippen LogP contribution in [0.5, 0.6) is 0 Å². The van der Waals surface area contributed by atoms with E-state index in [2.05, 4.69) is 24.2 Å². The molecule has 0 radical (unpaired) electrons. The topological polar surface area (TPSA) is 57.0 Å². The van der Waals surface area contributed by atoms with Gasteiger partial charge in [-0.15, -0.1) is 5.10 Å². The van der Waals surface area contributed by atoms with Crippen LogP contribution in [0.4, 0.5) is 0 Å². The average Bonchev–Trinajstić information content (AvgIpc) is 2.72. The average molecular weight is 253 g/mol. The highest BCUT2D eigenvalue weighted by Gasteiger charge is 2.23. The Labute approximate surface area is 109 Å². The molecule has 5 nitrogen and oxygen atoms in total. The molecule has 1 heterocycles. The van der Waals surface area contributed by atoms with Crippen molar-refractivity contribution in [2.45, 2.75) is 53.0 Å². The SMILES string of the molecule is CCCC(C)Cn1nnc(C(=O)OC)c1C(C)C. The smallest absolute Gasteiger partial charge is 0.360 e. The molecule has 1 aromatic rings. The largest absolute Gasteiger partial charge is 0.464 e. The van der Waals surface area contributed by atoms with E-state index >= 15 is 0 Å². The summed E-state index contributed by atoms with van der Waals surface area (Å²) in [6, 6.07) is 0. The van der Waals surface area contributed by atoms with Crippen LogP contribution in [0.3, 0.4) is 0 Å². The maximum absolute atomic E-state index is 11.6. The van der Waals surface area contributed by atoms with Gasteiger partial charge in [0, 0.05) is 6.54 Å². The third-order valence-corrected chi connectivity index (χ3v) is 2.97. The van der Waals surface area contributed by atoms with Crippen LogP contribution in [0.25, 0.3) is 0 Å². The molecule has 0 spiro atoms. The van der Waals surface area contributed by atoms with Crippen LogP contribution < -0.4 is 0 Å². The van der Waals surface area contributed by atoms with Crippen LogP contribution >= 0.6 is 0 Å². The lowest BCUT2D eigenvalue weighted by molar-refractivity contribution is 0.0592.